The van der Waals surface area contributed by atoms with Gasteiger partial charge in [0, 0.05) is 17.3 Å². The number of aryl methyl sites for hydroxylation is 1. The molecule has 134 valence electrons. The molecule has 0 aliphatic heterocycles. The second kappa shape index (κ2) is 6.17. The van der Waals surface area contributed by atoms with Crippen molar-refractivity contribution in [3.05, 3.63) is 53.6 Å². The first kappa shape index (κ1) is 16.7. The van der Waals surface area contributed by atoms with E-state index in [4.69, 9.17) is 0 Å². The number of fused-ring (bicyclic) bond motifs is 1. The molecule has 0 spiro atoms. The number of carbonyl (C=O) groups excluding carboxylic acids is 1. The SMILES string of the molecule is Cc1cc(F)c(-c2ccc3nc(NC(=O)C4CC4F)cn3c2)c(CO)c1. The summed E-state index contributed by atoms with van der Waals surface area (Å²) in [5, 5.41) is 12.2. The van der Waals surface area contributed by atoms with E-state index in [9.17, 15) is 18.7 Å². The van der Waals surface area contributed by atoms with E-state index < -0.39 is 17.9 Å². The lowest BCUT2D eigenvalue weighted by atomic mass is 9.98. The maximum Gasteiger partial charge on any atom is 0.231 e. The Morgan fingerprint density at radius 3 is 2.85 bits per heavy atom. The number of imidazole rings is 1. The maximum atomic E-state index is 14.5. The molecule has 2 N–H and O–H groups in total. The predicted molar refractivity (Wildman–Crippen MR) is 92.9 cm³/mol. The Morgan fingerprint density at radius 2 is 2.15 bits per heavy atom. The van der Waals surface area contributed by atoms with Gasteiger partial charge in [0.05, 0.1) is 18.7 Å². The molecule has 2 heterocycles. The van der Waals surface area contributed by atoms with Crippen LogP contribution in [0, 0.1) is 18.7 Å². The minimum Gasteiger partial charge on any atom is -0.392 e. The molecule has 1 aliphatic carbocycles. The predicted octanol–water partition coefficient (Wildman–Crippen LogP) is 3.24. The van der Waals surface area contributed by atoms with Crippen LogP contribution in [-0.4, -0.2) is 26.6 Å². The molecule has 1 aliphatic rings. The monoisotopic (exact) mass is 357 g/mol. The highest BCUT2D eigenvalue weighted by atomic mass is 19.1. The summed E-state index contributed by atoms with van der Waals surface area (Å²) in [4.78, 5) is 16.1. The first-order valence-electron chi connectivity index (χ1n) is 8.30. The van der Waals surface area contributed by atoms with E-state index in [1.165, 1.54) is 6.07 Å². The third-order valence-electron chi connectivity index (χ3n) is 4.53. The van der Waals surface area contributed by atoms with Crippen LogP contribution in [0.2, 0.25) is 0 Å². The zero-order chi connectivity index (χ0) is 18.4. The molecule has 1 aromatic carbocycles. The number of nitrogens with zero attached hydrogens (tertiary/aromatic N) is 2. The van der Waals surface area contributed by atoms with Crippen molar-refractivity contribution in [1.29, 1.82) is 0 Å². The van der Waals surface area contributed by atoms with Gasteiger partial charge in [-0.2, -0.15) is 0 Å². The van der Waals surface area contributed by atoms with Crippen LogP contribution in [0.5, 0.6) is 0 Å². The fraction of sp³-hybridized carbons (Fsp3) is 0.263. The second-order valence-corrected chi connectivity index (χ2v) is 6.60. The Hall–Kier alpha value is -2.80. The average molecular weight is 357 g/mol. The summed E-state index contributed by atoms with van der Waals surface area (Å²) < 4.78 is 29.1. The third kappa shape index (κ3) is 2.94. The molecule has 1 amide bonds. The summed E-state index contributed by atoms with van der Waals surface area (Å²) in [5.74, 6) is -1.07. The zero-order valence-electron chi connectivity index (χ0n) is 14.0. The number of aromatic nitrogens is 2. The molecule has 0 bridgehead atoms. The van der Waals surface area contributed by atoms with Crippen molar-refractivity contribution in [2.75, 3.05) is 5.32 Å². The number of aliphatic hydroxyl groups excluding tert-OH is 1. The Labute approximate surface area is 148 Å². The summed E-state index contributed by atoms with van der Waals surface area (Å²) in [5.41, 5.74) is 2.71. The molecule has 1 saturated carbocycles. The molecule has 2 aromatic heterocycles. The van der Waals surface area contributed by atoms with E-state index >= 15 is 0 Å². The Bertz CT molecular complexity index is 1020. The summed E-state index contributed by atoms with van der Waals surface area (Å²) in [6.45, 7) is 1.49. The molecular weight excluding hydrogens is 340 g/mol. The van der Waals surface area contributed by atoms with Crippen LogP contribution in [0.25, 0.3) is 16.8 Å². The van der Waals surface area contributed by atoms with Gasteiger partial charge in [0.15, 0.2) is 5.82 Å². The number of rotatable bonds is 4. The van der Waals surface area contributed by atoms with Crippen molar-refractivity contribution in [1.82, 2.24) is 9.38 Å². The highest BCUT2D eigenvalue weighted by molar-refractivity contribution is 5.94. The summed E-state index contributed by atoms with van der Waals surface area (Å²) in [6.07, 6.45) is 2.46. The van der Waals surface area contributed by atoms with Crippen molar-refractivity contribution in [2.24, 2.45) is 5.92 Å². The van der Waals surface area contributed by atoms with Gasteiger partial charge in [0.2, 0.25) is 5.91 Å². The average Bonchev–Trinajstić information content (AvgIpc) is 3.19. The standard InChI is InChI=1S/C19H17F2N3O2/c1-10-4-12(9-25)18(15(21)5-10)11-2-3-17-22-16(8-24(17)7-11)23-19(26)13-6-14(13)20/h2-5,7-8,13-14,25H,6,9H2,1H3,(H,23,26). The fourth-order valence-electron chi connectivity index (χ4n) is 3.12. The first-order chi connectivity index (χ1) is 12.5. The number of anilines is 1. The molecule has 26 heavy (non-hydrogen) atoms. The molecule has 4 rings (SSSR count). The molecule has 0 saturated heterocycles. The number of alkyl halides is 1. The smallest absolute Gasteiger partial charge is 0.231 e. The van der Waals surface area contributed by atoms with Crippen molar-refractivity contribution in [3.8, 4) is 11.1 Å². The summed E-state index contributed by atoms with van der Waals surface area (Å²) >= 11 is 0. The molecule has 5 nitrogen and oxygen atoms in total. The van der Waals surface area contributed by atoms with Gasteiger partial charge in [-0.1, -0.05) is 6.07 Å². The van der Waals surface area contributed by atoms with Crippen molar-refractivity contribution >= 4 is 17.4 Å². The normalized spacial score (nSPS) is 18.9. The van der Waals surface area contributed by atoms with Gasteiger partial charge in [-0.05, 0) is 42.7 Å². The molecule has 2 atom stereocenters. The van der Waals surface area contributed by atoms with Crippen LogP contribution in [0.1, 0.15) is 17.5 Å². The second-order valence-electron chi connectivity index (χ2n) is 6.60. The number of pyridine rings is 1. The van der Waals surface area contributed by atoms with Crippen molar-refractivity contribution < 1.29 is 18.7 Å². The number of benzene rings is 1. The van der Waals surface area contributed by atoms with Crippen LogP contribution in [0.4, 0.5) is 14.6 Å². The summed E-state index contributed by atoms with van der Waals surface area (Å²) in [7, 11) is 0. The molecular formula is C19H17F2N3O2. The Kier molecular flexibility index (Phi) is 3.96. The highest BCUT2D eigenvalue weighted by Crippen LogP contribution is 2.34. The van der Waals surface area contributed by atoms with Gasteiger partial charge in [-0.3, -0.25) is 4.79 Å². The van der Waals surface area contributed by atoms with Gasteiger partial charge in [-0.25, -0.2) is 13.8 Å². The van der Waals surface area contributed by atoms with Crippen LogP contribution in [0.15, 0.2) is 36.7 Å². The number of hydrogen-bond acceptors (Lipinski definition) is 3. The van der Waals surface area contributed by atoms with Crippen LogP contribution < -0.4 is 5.32 Å². The van der Waals surface area contributed by atoms with Gasteiger partial charge in [0.1, 0.15) is 17.6 Å². The van der Waals surface area contributed by atoms with Crippen LogP contribution >= 0.6 is 0 Å². The van der Waals surface area contributed by atoms with Gasteiger partial charge in [0.25, 0.3) is 0 Å². The number of aliphatic hydroxyl groups is 1. The Balaban J connectivity index is 1.69. The largest absolute Gasteiger partial charge is 0.392 e. The van der Waals surface area contributed by atoms with Gasteiger partial charge >= 0.3 is 0 Å². The lowest BCUT2D eigenvalue weighted by molar-refractivity contribution is -0.117. The number of carbonyl (C=O) groups is 1. The van der Waals surface area contributed by atoms with Gasteiger partial charge in [-0.15, -0.1) is 0 Å². The van der Waals surface area contributed by atoms with Gasteiger partial charge < -0.3 is 14.8 Å². The Morgan fingerprint density at radius 1 is 1.38 bits per heavy atom. The minimum atomic E-state index is -1.07. The van der Waals surface area contributed by atoms with E-state index in [1.807, 2.05) is 0 Å². The fourth-order valence-corrected chi connectivity index (χ4v) is 3.12. The lowest BCUT2D eigenvalue weighted by Crippen LogP contribution is -2.15. The number of halogens is 2. The minimum absolute atomic E-state index is 0.250. The topological polar surface area (TPSA) is 66.6 Å². The maximum absolute atomic E-state index is 14.5. The van der Waals surface area contributed by atoms with E-state index in [2.05, 4.69) is 10.3 Å². The van der Waals surface area contributed by atoms with Crippen LogP contribution in [-0.2, 0) is 11.4 Å². The summed E-state index contributed by atoms with van der Waals surface area (Å²) in [6, 6.07) is 6.56. The van der Waals surface area contributed by atoms with Crippen molar-refractivity contribution in [2.45, 2.75) is 26.1 Å². The number of amides is 1. The van der Waals surface area contributed by atoms with E-state index in [1.54, 1.807) is 41.9 Å². The van der Waals surface area contributed by atoms with Crippen molar-refractivity contribution in [3.63, 3.8) is 0 Å². The zero-order valence-corrected chi connectivity index (χ0v) is 14.0. The third-order valence-corrected chi connectivity index (χ3v) is 4.53. The molecule has 2 unspecified atom stereocenters. The van der Waals surface area contributed by atoms with E-state index in [-0.39, 0.29) is 18.9 Å². The highest BCUT2D eigenvalue weighted by Gasteiger charge is 2.43. The number of nitrogens with one attached hydrogen (secondary N) is 1. The molecule has 3 aromatic rings. The van der Waals surface area contributed by atoms with E-state index in [0.717, 1.165) is 5.56 Å². The molecule has 1 fully saturated rings. The molecule has 0 radical (unpaired) electrons. The first-order valence-corrected chi connectivity index (χ1v) is 8.30. The molecule has 7 heteroatoms. The van der Waals surface area contributed by atoms with Crippen LogP contribution in [0.3, 0.4) is 0 Å². The quantitative estimate of drug-likeness (QED) is 0.753. The van der Waals surface area contributed by atoms with E-state index in [0.29, 0.717) is 28.2 Å². The lowest BCUT2D eigenvalue weighted by Gasteiger charge is -2.11. The number of hydrogen-bond donors (Lipinski definition) is 2.